The van der Waals surface area contributed by atoms with Crippen LogP contribution in [0.15, 0.2) is 18.2 Å². The molecule has 5 nitrogen and oxygen atoms in total. The van der Waals surface area contributed by atoms with Crippen LogP contribution in [0.3, 0.4) is 0 Å². The van der Waals surface area contributed by atoms with Gasteiger partial charge in [0, 0.05) is 24.2 Å². The minimum absolute atomic E-state index is 0. The zero-order valence-corrected chi connectivity index (χ0v) is 16.3. The summed E-state index contributed by atoms with van der Waals surface area (Å²) < 4.78 is 0. The van der Waals surface area contributed by atoms with Crippen LogP contribution in [0.25, 0.3) is 0 Å². The minimum atomic E-state index is -0.640. The third kappa shape index (κ3) is 3.90. The number of amides is 2. The number of rotatable bonds is 3. The first-order chi connectivity index (χ1) is 11.4. The summed E-state index contributed by atoms with van der Waals surface area (Å²) in [6, 6.07) is 5.13. The fourth-order valence-electron chi connectivity index (χ4n) is 3.66. The molecular weight excluding hydrogens is 385 g/mol. The number of carbonyl (C=O) groups is 2. The zero-order chi connectivity index (χ0) is 17.4. The van der Waals surface area contributed by atoms with Crippen LogP contribution in [0.2, 0.25) is 10.0 Å². The van der Waals surface area contributed by atoms with Gasteiger partial charge in [0.2, 0.25) is 11.8 Å². The van der Waals surface area contributed by atoms with E-state index < -0.39 is 5.92 Å². The van der Waals surface area contributed by atoms with Crippen molar-refractivity contribution in [1.82, 2.24) is 4.90 Å². The number of hydrogen-bond donors (Lipinski definition) is 1. The van der Waals surface area contributed by atoms with Gasteiger partial charge in [0.05, 0.1) is 10.7 Å². The third-order valence-electron chi connectivity index (χ3n) is 4.98. The SMILES string of the molecule is CC1CC(CN)CN1C(=O)C1CCN(c2cc(Cl)ccc2Cl)C1=O.Cl. The van der Waals surface area contributed by atoms with Crippen LogP contribution in [0, 0.1) is 11.8 Å². The van der Waals surface area contributed by atoms with Crippen molar-refractivity contribution in [3.8, 4) is 0 Å². The number of benzene rings is 1. The first kappa shape index (κ1) is 20.3. The topological polar surface area (TPSA) is 66.6 Å². The third-order valence-corrected chi connectivity index (χ3v) is 5.54. The van der Waals surface area contributed by atoms with Gasteiger partial charge in [-0.15, -0.1) is 12.4 Å². The molecule has 0 spiro atoms. The average molecular weight is 407 g/mol. The van der Waals surface area contributed by atoms with Crippen molar-refractivity contribution in [2.45, 2.75) is 25.8 Å². The van der Waals surface area contributed by atoms with Gasteiger partial charge in [0.15, 0.2) is 0 Å². The Labute approximate surface area is 163 Å². The lowest BCUT2D eigenvalue weighted by Crippen LogP contribution is -2.42. The highest BCUT2D eigenvalue weighted by atomic mass is 35.5. The maximum atomic E-state index is 12.8. The molecule has 25 heavy (non-hydrogen) atoms. The maximum Gasteiger partial charge on any atom is 0.239 e. The Morgan fingerprint density at radius 2 is 2.08 bits per heavy atom. The van der Waals surface area contributed by atoms with Gasteiger partial charge in [-0.3, -0.25) is 9.59 Å². The highest BCUT2D eigenvalue weighted by Gasteiger charge is 2.43. The predicted octanol–water partition coefficient (Wildman–Crippen LogP) is 2.96. The van der Waals surface area contributed by atoms with Crippen LogP contribution in [-0.2, 0) is 9.59 Å². The molecule has 2 heterocycles. The molecule has 0 aromatic heterocycles. The standard InChI is InChI=1S/C17H21Cl2N3O2.ClH/c1-10-6-11(8-20)9-22(10)17(24)13-4-5-21(16(13)23)15-7-12(18)2-3-14(15)19;/h2-3,7,10-11,13H,4-6,8-9,20H2,1H3;1H. The molecule has 3 rings (SSSR count). The highest BCUT2D eigenvalue weighted by Crippen LogP contribution is 2.35. The lowest BCUT2D eigenvalue weighted by atomic mass is 10.1. The molecule has 1 aromatic rings. The highest BCUT2D eigenvalue weighted by molar-refractivity contribution is 6.36. The van der Waals surface area contributed by atoms with Crippen LogP contribution < -0.4 is 10.6 Å². The molecule has 0 aliphatic carbocycles. The quantitative estimate of drug-likeness (QED) is 0.785. The number of hydrogen-bond acceptors (Lipinski definition) is 3. The molecule has 0 radical (unpaired) electrons. The van der Waals surface area contributed by atoms with Crippen molar-refractivity contribution in [1.29, 1.82) is 0 Å². The van der Waals surface area contributed by atoms with E-state index in [1.165, 1.54) is 0 Å². The van der Waals surface area contributed by atoms with Crippen molar-refractivity contribution in [3.05, 3.63) is 28.2 Å². The Balaban J connectivity index is 0.00000225. The second-order valence-electron chi connectivity index (χ2n) is 6.60. The van der Waals surface area contributed by atoms with Gasteiger partial charge >= 0.3 is 0 Å². The zero-order valence-electron chi connectivity index (χ0n) is 14.0. The number of carbonyl (C=O) groups excluding carboxylic acids is 2. The molecule has 0 saturated carbocycles. The Hall–Kier alpha value is -1.01. The van der Waals surface area contributed by atoms with Gasteiger partial charge in [0.25, 0.3) is 0 Å². The summed E-state index contributed by atoms with van der Waals surface area (Å²) in [5.74, 6) is -0.616. The van der Waals surface area contributed by atoms with Gasteiger partial charge < -0.3 is 15.5 Å². The summed E-state index contributed by atoms with van der Waals surface area (Å²) in [4.78, 5) is 29.0. The molecule has 3 atom stereocenters. The first-order valence-corrected chi connectivity index (χ1v) is 8.95. The number of nitrogens with two attached hydrogens (primary N) is 1. The lowest BCUT2D eigenvalue weighted by molar-refractivity contribution is -0.140. The molecule has 2 aliphatic heterocycles. The van der Waals surface area contributed by atoms with E-state index in [2.05, 4.69) is 0 Å². The van der Waals surface area contributed by atoms with Crippen LogP contribution in [-0.4, -0.2) is 42.4 Å². The number of anilines is 1. The van der Waals surface area contributed by atoms with Crippen LogP contribution >= 0.6 is 35.6 Å². The Kier molecular flexibility index (Phi) is 6.60. The largest absolute Gasteiger partial charge is 0.339 e. The van der Waals surface area contributed by atoms with Crippen molar-refractivity contribution >= 4 is 53.1 Å². The molecule has 0 bridgehead atoms. The summed E-state index contributed by atoms with van der Waals surface area (Å²) in [6.07, 6.45) is 1.39. The maximum absolute atomic E-state index is 12.8. The van der Waals surface area contributed by atoms with Gasteiger partial charge in [0.1, 0.15) is 5.92 Å². The number of likely N-dealkylation sites (tertiary alicyclic amines) is 1. The van der Waals surface area contributed by atoms with Gasteiger partial charge in [-0.1, -0.05) is 23.2 Å². The summed E-state index contributed by atoms with van der Waals surface area (Å²) in [7, 11) is 0. The molecule has 138 valence electrons. The van der Waals surface area contributed by atoms with Crippen molar-refractivity contribution in [3.63, 3.8) is 0 Å². The second kappa shape index (κ2) is 8.12. The predicted molar refractivity (Wildman–Crippen MR) is 103 cm³/mol. The molecule has 2 aliphatic rings. The Bertz CT molecular complexity index is 671. The number of halogens is 3. The average Bonchev–Trinajstić information content (AvgIpc) is 3.12. The molecule has 2 N–H and O–H groups in total. The smallest absolute Gasteiger partial charge is 0.239 e. The van der Waals surface area contributed by atoms with E-state index in [4.69, 9.17) is 28.9 Å². The van der Waals surface area contributed by atoms with Crippen LogP contribution in [0.4, 0.5) is 5.69 Å². The molecule has 1 aromatic carbocycles. The van der Waals surface area contributed by atoms with E-state index in [0.29, 0.717) is 47.7 Å². The van der Waals surface area contributed by atoms with E-state index in [-0.39, 0.29) is 30.3 Å². The minimum Gasteiger partial charge on any atom is -0.339 e. The monoisotopic (exact) mass is 405 g/mol. The summed E-state index contributed by atoms with van der Waals surface area (Å²) in [5.41, 5.74) is 6.30. The van der Waals surface area contributed by atoms with Gasteiger partial charge in [-0.05, 0) is 50.4 Å². The fourth-order valence-corrected chi connectivity index (χ4v) is 4.05. The van der Waals surface area contributed by atoms with E-state index in [9.17, 15) is 9.59 Å². The Morgan fingerprint density at radius 1 is 1.36 bits per heavy atom. The molecule has 3 unspecified atom stereocenters. The molecule has 2 fully saturated rings. The van der Waals surface area contributed by atoms with Crippen molar-refractivity contribution in [2.24, 2.45) is 17.6 Å². The lowest BCUT2D eigenvalue weighted by Gasteiger charge is -2.25. The van der Waals surface area contributed by atoms with Gasteiger partial charge in [-0.25, -0.2) is 0 Å². The normalized spacial score (nSPS) is 26.1. The summed E-state index contributed by atoms with van der Waals surface area (Å²) in [5, 5.41) is 0.967. The van der Waals surface area contributed by atoms with Gasteiger partial charge in [-0.2, -0.15) is 0 Å². The second-order valence-corrected chi connectivity index (χ2v) is 7.45. The number of nitrogens with zero attached hydrogens (tertiary/aromatic N) is 2. The molecule has 2 saturated heterocycles. The molecule has 2 amide bonds. The van der Waals surface area contributed by atoms with Crippen molar-refractivity contribution < 1.29 is 9.59 Å². The summed E-state index contributed by atoms with van der Waals surface area (Å²) in [6.45, 7) is 3.69. The summed E-state index contributed by atoms with van der Waals surface area (Å²) >= 11 is 12.2. The Morgan fingerprint density at radius 3 is 2.72 bits per heavy atom. The van der Waals surface area contributed by atoms with E-state index in [1.54, 1.807) is 23.1 Å². The van der Waals surface area contributed by atoms with Crippen LogP contribution in [0.1, 0.15) is 19.8 Å². The van der Waals surface area contributed by atoms with Crippen LogP contribution in [0.5, 0.6) is 0 Å². The van der Waals surface area contributed by atoms with E-state index >= 15 is 0 Å². The molecule has 8 heteroatoms. The van der Waals surface area contributed by atoms with E-state index in [0.717, 1.165) is 6.42 Å². The van der Waals surface area contributed by atoms with Crippen molar-refractivity contribution in [2.75, 3.05) is 24.5 Å². The van der Waals surface area contributed by atoms with E-state index in [1.807, 2.05) is 11.8 Å². The molecular formula is C17H22Cl3N3O2. The first-order valence-electron chi connectivity index (χ1n) is 8.19. The fraction of sp³-hybridized carbons (Fsp3) is 0.529.